The van der Waals surface area contributed by atoms with Gasteiger partial charge < -0.3 is 10.3 Å². The highest BCUT2D eigenvalue weighted by atomic mass is 16.5. The molecular weight excluding hydrogens is 132 g/mol. The Morgan fingerprint density at radius 1 is 1.10 bits per heavy atom. The SMILES string of the molecule is ON=Nc1ccc(O)cc1. The smallest absolute Gasteiger partial charge is 0.115 e. The van der Waals surface area contributed by atoms with E-state index in [2.05, 4.69) is 10.4 Å². The molecule has 0 fully saturated rings. The second kappa shape index (κ2) is 2.82. The number of benzene rings is 1. The molecule has 4 nitrogen and oxygen atoms in total. The minimum Gasteiger partial charge on any atom is -0.508 e. The van der Waals surface area contributed by atoms with Crippen molar-refractivity contribution in [1.29, 1.82) is 0 Å². The standard InChI is InChI=1S/C6H6N2O2/c9-6-3-1-5(2-4-6)7-8-10/h1-4,9H,(H,7,10). The molecule has 0 amide bonds. The first-order chi connectivity index (χ1) is 4.83. The van der Waals surface area contributed by atoms with Crippen LogP contribution in [0.2, 0.25) is 0 Å². The quantitative estimate of drug-likeness (QED) is 0.459. The average molecular weight is 138 g/mol. The van der Waals surface area contributed by atoms with Gasteiger partial charge in [0.25, 0.3) is 0 Å². The van der Waals surface area contributed by atoms with Crippen LogP contribution in [-0.2, 0) is 0 Å². The van der Waals surface area contributed by atoms with E-state index in [1.165, 1.54) is 24.3 Å². The molecule has 52 valence electrons. The van der Waals surface area contributed by atoms with E-state index in [9.17, 15) is 0 Å². The van der Waals surface area contributed by atoms with Crippen LogP contribution in [0.1, 0.15) is 0 Å². The minimum absolute atomic E-state index is 0.164. The van der Waals surface area contributed by atoms with Crippen LogP contribution < -0.4 is 0 Å². The maximum atomic E-state index is 8.79. The lowest BCUT2D eigenvalue weighted by Crippen LogP contribution is -1.62. The van der Waals surface area contributed by atoms with Crippen molar-refractivity contribution >= 4 is 5.69 Å². The van der Waals surface area contributed by atoms with Gasteiger partial charge in [0.2, 0.25) is 0 Å². The van der Waals surface area contributed by atoms with E-state index in [-0.39, 0.29) is 5.75 Å². The Kier molecular flexibility index (Phi) is 1.84. The lowest BCUT2D eigenvalue weighted by atomic mass is 10.3. The summed E-state index contributed by atoms with van der Waals surface area (Å²) in [4.78, 5) is 0. The summed E-state index contributed by atoms with van der Waals surface area (Å²) in [5, 5.41) is 22.7. The topological polar surface area (TPSA) is 65.2 Å². The van der Waals surface area contributed by atoms with Crippen LogP contribution in [-0.4, -0.2) is 10.3 Å². The molecular formula is C6H6N2O2. The van der Waals surface area contributed by atoms with Crippen LogP contribution in [0.15, 0.2) is 34.7 Å². The highest BCUT2D eigenvalue weighted by Crippen LogP contribution is 2.16. The van der Waals surface area contributed by atoms with E-state index in [1.54, 1.807) is 0 Å². The summed E-state index contributed by atoms with van der Waals surface area (Å²) >= 11 is 0. The summed E-state index contributed by atoms with van der Waals surface area (Å²) in [6.07, 6.45) is 0. The van der Waals surface area contributed by atoms with Crippen LogP contribution >= 0.6 is 0 Å². The summed E-state index contributed by atoms with van der Waals surface area (Å²) in [5.74, 6) is 0.164. The molecule has 0 aliphatic carbocycles. The molecule has 0 aromatic heterocycles. The predicted octanol–water partition coefficient (Wildman–Crippen LogP) is 1.87. The van der Waals surface area contributed by atoms with Gasteiger partial charge in [0.1, 0.15) is 5.75 Å². The van der Waals surface area contributed by atoms with Gasteiger partial charge in [0.15, 0.2) is 0 Å². The number of nitrogens with zero attached hydrogens (tertiary/aromatic N) is 2. The molecule has 1 aromatic carbocycles. The summed E-state index contributed by atoms with van der Waals surface area (Å²) < 4.78 is 0. The van der Waals surface area contributed by atoms with Crippen molar-refractivity contribution < 1.29 is 10.3 Å². The molecule has 0 unspecified atom stereocenters. The summed E-state index contributed by atoms with van der Waals surface area (Å²) in [6, 6.07) is 6.00. The third-order valence-corrected chi connectivity index (χ3v) is 1.01. The summed E-state index contributed by atoms with van der Waals surface area (Å²) in [5.41, 5.74) is 0.500. The molecule has 1 aromatic rings. The number of aromatic hydroxyl groups is 1. The van der Waals surface area contributed by atoms with Crippen LogP contribution in [0.3, 0.4) is 0 Å². The Balaban J connectivity index is 2.89. The maximum absolute atomic E-state index is 8.79. The van der Waals surface area contributed by atoms with Crippen molar-refractivity contribution in [3.63, 3.8) is 0 Å². The van der Waals surface area contributed by atoms with E-state index >= 15 is 0 Å². The number of hydrogen-bond donors (Lipinski definition) is 2. The minimum atomic E-state index is 0.164. The van der Waals surface area contributed by atoms with Crippen molar-refractivity contribution in [1.82, 2.24) is 0 Å². The molecule has 0 radical (unpaired) electrons. The predicted molar refractivity (Wildman–Crippen MR) is 34.4 cm³/mol. The molecule has 0 aliphatic rings. The molecule has 1 rings (SSSR count). The van der Waals surface area contributed by atoms with Crippen molar-refractivity contribution in [2.75, 3.05) is 0 Å². The van der Waals surface area contributed by atoms with Crippen molar-refractivity contribution in [2.45, 2.75) is 0 Å². The van der Waals surface area contributed by atoms with Gasteiger partial charge in [-0.15, -0.1) is 5.11 Å². The van der Waals surface area contributed by atoms with Gasteiger partial charge in [-0.3, -0.25) is 0 Å². The average Bonchev–Trinajstić information content (AvgIpc) is 1.95. The Morgan fingerprint density at radius 2 is 1.70 bits per heavy atom. The van der Waals surface area contributed by atoms with Crippen LogP contribution in [0.25, 0.3) is 0 Å². The monoisotopic (exact) mass is 138 g/mol. The van der Waals surface area contributed by atoms with E-state index < -0.39 is 0 Å². The van der Waals surface area contributed by atoms with Gasteiger partial charge >= 0.3 is 0 Å². The molecule has 0 aliphatic heterocycles. The Bertz CT molecular complexity index is 230. The van der Waals surface area contributed by atoms with Crippen LogP contribution in [0, 0.1) is 0 Å². The normalized spacial score (nSPS) is 10.4. The third kappa shape index (κ3) is 1.45. The zero-order chi connectivity index (χ0) is 7.40. The zero-order valence-electron chi connectivity index (χ0n) is 5.10. The van der Waals surface area contributed by atoms with Crippen molar-refractivity contribution in [3.8, 4) is 5.75 Å². The molecule has 2 N–H and O–H groups in total. The fraction of sp³-hybridized carbons (Fsp3) is 0. The van der Waals surface area contributed by atoms with Gasteiger partial charge in [0.05, 0.1) is 5.69 Å². The first-order valence-electron chi connectivity index (χ1n) is 2.67. The maximum Gasteiger partial charge on any atom is 0.115 e. The number of hydrogen-bond acceptors (Lipinski definition) is 3. The van der Waals surface area contributed by atoms with Crippen LogP contribution in [0.5, 0.6) is 5.75 Å². The number of phenols is 1. The van der Waals surface area contributed by atoms with E-state index in [0.29, 0.717) is 5.69 Å². The molecule has 0 heterocycles. The van der Waals surface area contributed by atoms with E-state index in [4.69, 9.17) is 10.3 Å². The van der Waals surface area contributed by atoms with Crippen LogP contribution in [0.4, 0.5) is 5.69 Å². The largest absolute Gasteiger partial charge is 0.508 e. The van der Waals surface area contributed by atoms with Gasteiger partial charge in [0, 0.05) is 5.28 Å². The highest BCUT2D eigenvalue weighted by Gasteiger charge is 1.87. The second-order valence-corrected chi connectivity index (χ2v) is 1.71. The molecule has 0 spiro atoms. The first kappa shape index (κ1) is 6.54. The van der Waals surface area contributed by atoms with Gasteiger partial charge in [-0.1, -0.05) is 0 Å². The number of rotatable bonds is 1. The molecule has 0 bridgehead atoms. The molecule has 4 heteroatoms. The highest BCUT2D eigenvalue weighted by molar-refractivity contribution is 5.39. The Morgan fingerprint density at radius 3 is 2.20 bits per heavy atom. The van der Waals surface area contributed by atoms with Gasteiger partial charge in [-0.25, -0.2) is 0 Å². The fourth-order valence-electron chi connectivity index (χ4n) is 0.571. The summed E-state index contributed by atoms with van der Waals surface area (Å²) in [7, 11) is 0. The van der Waals surface area contributed by atoms with Gasteiger partial charge in [-0.2, -0.15) is 0 Å². The van der Waals surface area contributed by atoms with E-state index in [1.807, 2.05) is 0 Å². The fourth-order valence-corrected chi connectivity index (χ4v) is 0.571. The first-order valence-corrected chi connectivity index (χ1v) is 2.67. The second-order valence-electron chi connectivity index (χ2n) is 1.71. The molecule has 0 saturated carbocycles. The van der Waals surface area contributed by atoms with Crippen molar-refractivity contribution in [3.05, 3.63) is 24.3 Å². The molecule has 10 heavy (non-hydrogen) atoms. The summed E-state index contributed by atoms with van der Waals surface area (Å²) in [6.45, 7) is 0. The Hall–Kier alpha value is -1.58. The zero-order valence-corrected chi connectivity index (χ0v) is 5.10. The molecule has 0 atom stereocenters. The molecule has 0 saturated heterocycles. The van der Waals surface area contributed by atoms with Gasteiger partial charge in [-0.05, 0) is 24.3 Å². The lowest BCUT2D eigenvalue weighted by molar-refractivity contribution is 0.289. The third-order valence-electron chi connectivity index (χ3n) is 1.01. The number of phenolic OH excluding ortho intramolecular Hbond substituents is 1. The lowest BCUT2D eigenvalue weighted by Gasteiger charge is -1.89. The van der Waals surface area contributed by atoms with Crippen molar-refractivity contribution in [2.24, 2.45) is 10.4 Å². The Labute approximate surface area is 57.4 Å². The van der Waals surface area contributed by atoms with E-state index in [0.717, 1.165) is 0 Å².